The van der Waals surface area contributed by atoms with Crippen LogP contribution in [0.4, 0.5) is 15.1 Å². The van der Waals surface area contributed by atoms with Crippen molar-refractivity contribution in [1.82, 2.24) is 0 Å². The molecular weight excluding hydrogens is 371 g/mol. The summed E-state index contributed by atoms with van der Waals surface area (Å²) >= 11 is 4.48. The van der Waals surface area contributed by atoms with Gasteiger partial charge in [-0.2, -0.15) is 0 Å². The Morgan fingerprint density at radius 3 is 2.50 bits per heavy atom. The summed E-state index contributed by atoms with van der Waals surface area (Å²) in [5.41, 5.74) is 1.22. The minimum absolute atomic E-state index is 0.0882. The second-order valence-corrected chi connectivity index (χ2v) is 6.89. The van der Waals surface area contributed by atoms with Gasteiger partial charge in [0, 0.05) is 16.3 Å². The highest BCUT2D eigenvalue weighted by atomic mass is 79.9. The Labute approximate surface area is 139 Å². The van der Waals surface area contributed by atoms with Crippen molar-refractivity contribution in [2.75, 3.05) is 10.6 Å². The Bertz CT molecular complexity index is 758. The molecule has 1 heterocycles. The topological polar surface area (TPSA) is 58.2 Å². The number of nitrogens with one attached hydrogen (secondary N) is 2. The van der Waals surface area contributed by atoms with Gasteiger partial charge in [0.25, 0.3) is 5.91 Å². The van der Waals surface area contributed by atoms with Crippen LogP contribution in [0.1, 0.15) is 27.7 Å². The van der Waals surface area contributed by atoms with E-state index in [4.69, 9.17) is 0 Å². The lowest BCUT2D eigenvalue weighted by atomic mass is 10.1. The molecule has 0 aliphatic rings. The van der Waals surface area contributed by atoms with Gasteiger partial charge in [0.05, 0.1) is 11.3 Å². The monoisotopic (exact) mass is 384 g/mol. The first kappa shape index (κ1) is 16.6. The van der Waals surface area contributed by atoms with Crippen LogP contribution in [-0.4, -0.2) is 11.8 Å². The molecule has 4 nitrogen and oxygen atoms in total. The fourth-order valence-corrected chi connectivity index (χ4v) is 3.36. The molecule has 2 N–H and O–H groups in total. The van der Waals surface area contributed by atoms with Crippen molar-refractivity contribution < 1.29 is 14.0 Å². The van der Waals surface area contributed by atoms with Crippen molar-refractivity contribution in [2.45, 2.75) is 20.8 Å². The number of amides is 2. The van der Waals surface area contributed by atoms with Crippen molar-refractivity contribution in [3.63, 3.8) is 0 Å². The van der Waals surface area contributed by atoms with Crippen molar-refractivity contribution in [2.24, 2.45) is 0 Å². The number of carbonyl (C=O) groups is 2. The lowest BCUT2D eigenvalue weighted by Gasteiger charge is -2.09. The Morgan fingerprint density at radius 2 is 1.91 bits per heavy atom. The van der Waals surface area contributed by atoms with Crippen molar-refractivity contribution in [3.05, 3.63) is 44.5 Å². The summed E-state index contributed by atoms with van der Waals surface area (Å²) in [5.74, 6) is -1.25. The highest BCUT2D eigenvalue weighted by molar-refractivity contribution is 9.10. The number of benzene rings is 1. The molecule has 116 valence electrons. The summed E-state index contributed by atoms with van der Waals surface area (Å²) in [7, 11) is 0. The third-order valence-electron chi connectivity index (χ3n) is 3.08. The summed E-state index contributed by atoms with van der Waals surface area (Å²) in [6, 6.07) is 4.39. The second kappa shape index (κ2) is 6.58. The Morgan fingerprint density at radius 1 is 1.23 bits per heavy atom. The van der Waals surface area contributed by atoms with Crippen molar-refractivity contribution in [3.8, 4) is 0 Å². The van der Waals surface area contributed by atoms with Gasteiger partial charge in [0.1, 0.15) is 10.8 Å². The van der Waals surface area contributed by atoms with E-state index in [9.17, 15) is 14.0 Å². The largest absolute Gasteiger partial charge is 0.319 e. The van der Waals surface area contributed by atoms with Crippen LogP contribution in [0.2, 0.25) is 0 Å². The van der Waals surface area contributed by atoms with Gasteiger partial charge in [-0.25, -0.2) is 4.39 Å². The van der Waals surface area contributed by atoms with E-state index in [1.807, 2.05) is 6.92 Å². The fourth-order valence-electron chi connectivity index (χ4n) is 1.92. The summed E-state index contributed by atoms with van der Waals surface area (Å²) < 4.78 is 14.4. The van der Waals surface area contributed by atoms with Gasteiger partial charge in [-0.1, -0.05) is 15.9 Å². The van der Waals surface area contributed by atoms with Crippen LogP contribution in [0.15, 0.2) is 22.7 Å². The highest BCUT2D eigenvalue weighted by Crippen LogP contribution is 2.33. The lowest BCUT2D eigenvalue weighted by Crippen LogP contribution is -2.16. The summed E-state index contributed by atoms with van der Waals surface area (Å²) in [5, 5.41) is 5.66. The maximum Gasteiger partial charge on any atom is 0.259 e. The molecule has 2 rings (SSSR count). The van der Waals surface area contributed by atoms with Gasteiger partial charge < -0.3 is 10.6 Å². The smallest absolute Gasteiger partial charge is 0.259 e. The molecule has 0 unspecified atom stereocenters. The average Bonchev–Trinajstić information content (AvgIpc) is 2.67. The zero-order valence-corrected chi connectivity index (χ0v) is 14.6. The number of hydrogen-bond donors (Lipinski definition) is 2. The van der Waals surface area contributed by atoms with E-state index >= 15 is 0 Å². The Hall–Kier alpha value is -1.73. The van der Waals surface area contributed by atoms with Gasteiger partial charge in [0.2, 0.25) is 5.91 Å². The SMILES string of the molecule is CC(=O)Nc1sc(C)c(C)c1C(=O)Nc1ccc(Br)cc1F. The van der Waals surface area contributed by atoms with Crippen LogP contribution >= 0.6 is 27.3 Å². The molecule has 0 saturated heterocycles. The molecule has 2 amide bonds. The second-order valence-electron chi connectivity index (χ2n) is 4.75. The molecule has 0 radical (unpaired) electrons. The third-order valence-corrected chi connectivity index (χ3v) is 4.70. The number of thiophene rings is 1. The molecule has 0 fully saturated rings. The molecule has 1 aromatic carbocycles. The molecular formula is C15H14BrFN2O2S. The van der Waals surface area contributed by atoms with E-state index in [2.05, 4.69) is 26.6 Å². The molecule has 7 heteroatoms. The summed E-state index contributed by atoms with van der Waals surface area (Å²) in [6.07, 6.45) is 0. The first-order valence-electron chi connectivity index (χ1n) is 6.43. The fraction of sp³-hybridized carbons (Fsp3) is 0.200. The number of anilines is 2. The van der Waals surface area contributed by atoms with E-state index in [0.717, 1.165) is 10.4 Å². The number of hydrogen-bond acceptors (Lipinski definition) is 3. The number of carbonyl (C=O) groups excluding carboxylic acids is 2. The highest BCUT2D eigenvalue weighted by Gasteiger charge is 2.21. The maximum atomic E-state index is 13.8. The van der Waals surface area contributed by atoms with E-state index in [1.165, 1.54) is 30.4 Å². The van der Waals surface area contributed by atoms with Crippen molar-refractivity contribution in [1.29, 1.82) is 0 Å². The quantitative estimate of drug-likeness (QED) is 0.819. The van der Waals surface area contributed by atoms with Crippen LogP contribution in [0.3, 0.4) is 0 Å². The Balaban J connectivity index is 2.35. The minimum atomic E-state index is -0.534. The predicted octanol–water partition coefficient (Wildman–Crippen LogP) is 4.48. The number of halogens is 2. The van der Waals surface area contributed by atoms with Gasteiger partial charge in [-0.15, -0.1) is 11.3 Å². The first-order valence-corrected chi connectivity index (χ1v) is 8.04. The standard InChI is InChI=1S/C15H14BrFN2O2S/c1-7-8(2)22-15(18-9(3)20)13(7)14(21)19-12-5-4-10(16)6-11(12)17/h4-6H,1-3H3,(H,18,20)(H,19,21). The van der Waals surface area contributed by atoms with Gasteiger partial charge in [-0.05, 0) is 37.6 Å². The molecule has 2 aromatic rings. The van der Waals surface area contributed by atoms with Crippen molar-refractivity contribution >= 4 is 49.8 Å². The summed E-state index contributed by atoms with van der Waals surface area (Å²) in [6.45, 7) is 5.03. The van der Waals surface area contributed by atoms with Crippen LogP contribution in [0.5, 0.6) is 0 Å². The predicted molar refractivity (Wildman–Crippen MR) is 90.1 cm³/mol. The minimum Gasteiger partial charge on any atom is -0.319 e. The van der Waals surface area contributed by atoms with Gasteiger partial charge in [-0.3, -0.25) is 9.59 Å². The Kier molecular flexibility index (Phi) is 4.97. The molecule has 0 aliphatic heterocycles. The van der Waals surface area contributed by atoms with E-state index in [0.29, 0.717) is 15.0 Å². The molecule has 22 heavy (non-hydrogen) atoms. The normalized spacial score (nSPS) is 10.4. The average molecular weight is 385 g/mol. The third kappa shape index (κ3) is 3.53. The molecule has 0 atom stereocenters. The molecule has 1 aromatic heterocycles. The lowest BCUT2D eigenvalue weighted by molar-refractivity contribution is -0.114. The zero-order chi connectivity index (χ0) is 16.4. The van der Waals surface area contributed by atoms with E-state index in [1.54, 1.807) is 13.0 Å². The van der Waals surface area contributed by atoms with Gasteiger partial charge in [0.15, 0.2) is 0 Å². The van der Waals surface area contributed by atoms with Crippen LogP contribution < -0.4 is 10.6 Å². The maximum absolute atomic E-state index is 13.8. The summed E-state index contributed by atoms with van der Waals surface area (Å²) in [4.78, 5) is 24.6. The first-order chi connectivity index (χ1) is 10.3. The van der Waals surface area contributed by atoms with E-state index < -0.39 is 11.7 Å². The van der Waals surface area contributed by atoms with E-state index in [-0.39, 0.29) is 11.6 Å². The molecule has 0 aliphatic carbocycles. The van der Waals surface area contributed by atoms with Gasteiger partial charge >= 0.3 is 0 Å². The zero-order valence-electron chi connectivity index (χ0n) is 12.2. The molecule has 0 spiro atoms. The molecule has 0 bridgehead atoms. The number of aryl methyl sites for hydroxylation is 1. The number of rotatable bonds is 3. The van der Waals surface area contributed by atoms with Crippen LogP contribution in [0.25, 0.3) is 0 Å². The van der Waals surface area contributed by atoms with Crippen LogP contribution in [-0.2, 0) is 4.79 Å². The molecule has 0 saturated carbocycles. The van der Waals surface area contributed by atoms with Crippen LogP contribution in [0, 0.1) is 19.7 Å².